The molecule has 0 fully saturated rings. The first kappa shape index (κ1) is 18.1. The summed E-state index contributed by atoms with van der Waals surface area (Å²) in [6.07, 6.45) is 7.39. The lowest BCUT2D eigenvalue weighted by atomic mass is 10.0. The number of hydrogen-bond acceptors (Lipinski definition) is 6. The van der Waals surface area contributed by atoms with Gasteiger partial charge in [-0.25, -0.2) is 9.59 Å². The molecule has 2 heterocycles. The highest BCUT2D eigenvalue weighted by atomic mass is 16.5. The Balaban J connectivity index is 1.98. The van der Waals surface area contributed by atoms with Crippen molar-refractivity contribution < 1.29 is 9.32 Å². The van der Waals surface area contributed by atoms with E-state index in [1.807, 2.05) is 13.8 Å². The van der Waals surface area contributed by atoms with Crippen molar-refractivity contribution in [1.29, 1.82) is 0 Å². The molecule has 2 aromatic heterocycles. The normalized spacial score (nSPS) is 14.3. The molecule has 0 aromatic carbocycles. The second-order valence-corrected chi connectivity index (χ2v) is 6.35. The van der Waals surface area contributed by atoms with Crippen molar-refractivity contribution in [1.82, 2.24) is 29.8 Å². The van der Waals surface area contributed by atoms with Crippen molar-refractivity contribution in [3.8, 4) is 5.69 Å². The predicted octanol–water partition coefficient (Wildman–Crippen LogP) is 2.43. The van der Waals surface area contributed by atoms with Gasteiger partial charge in [0.15, 0.2) is 5.76 Å². The van der Waals surface area contributed by atoms with E-state index >= 15 is 0 Å². The fourth-order valence-electron chi connectivity index (χ4n) is 3.19. The third kappa shape index (κ3) is 3.21. The third-order valence-corrected chi connectivity index (χ3v) is 4.50. The molecule has 9 nitrogen and oxygen atoms in total. The van der Waals surface area contributed by atoms with E-state index < -0.39 is 11.7 Å². The molecule has 26 heavy (non-hydrogen) atoms. The molecule has 1 amide bonds. The van der Waals surface area contributed by atoms with Crippen LogP contribution in [0.25, 0.3) is 5.69 Å². The standard InChI is InChI=1S/C17H24N6O3/c1-4-11-21(13-9-7-6-8-10-13)16(24)23-17(25)22(19-20-23)15-12(3)26-18-14(15)5-2/h9H,4-8,10-11H2,1-3H3. The van der Waals surface area contributed by atoms with Crippen molar-refractivity contribution in [2.45, 2.75) is 59.3 Å². The topological polar surface area (TPSA) is 99.1 Å². The lowest BCUT2D eigenvalue weighted by Gasteiger charge is -2.26. The average molecular weight is 360 g/mol. The summed E-state index contributed by atoms with van der Waals surface area (Å²) in [5.41, 5.74) is 1.40. The molecule has 0 saturated carbocycles. The third-order valence-electron chi connectivity index (χ3n) is 4.50. The van der Waals surface area contributed by atoms with Crippen LogP contribution in [-0.4, -0.2) is 42.4 Å². The molecule has 1 aliphatic carbocycles. The van der Waals surface area contributed by atoms with Crippen LogP contribution in [0.1, 0.15) is 57.4 Å². The van der Waals surface area contributed by atoms with Crippen LogP contribution >= 0.6 is 0 Å². The van der Waals surface area contributed by atoms with E-state index in [2.05, 4.69) is 21.7 Å². The summed E-state index contributed by atoms with van der Waals surface area (Å²) < 4.78 is 7.06. The molecule has 0 aliphatic heterocycles. The average Bonchev–Trinajstić information content (AvgIpc) is 3.21. The number of amides is 1. The molecule has 0 unspecified atom stereocenters. The van der Waals surface area contributed by atoms with Gasteiger partial charge in [0.1, 0.15) is 11.4 Å². The Kier molecular flexibility index (Phi) is 5.34. The van der Waals surface area contributed by atoms with Gasteiger partial charge in [-0.05, 0) is 55.9 Å². The summed E-state index contributed by atoms with van der Waals surface area (Å²) in [6.45, 7) is 6.14. The largest absolute Gasteiger partial charge is 0.377 e. The van der Waals surface area contributed by atoms with Crippen LogP contribution in [0.2, 0.25) is 0 Å². The minimum absolute atomic E-state index is 0.454. The number of aryl methyl sites for hydroxylation is 2. The van der Waals surface area contributed by atoms with Gasteiger partial charge in [-0.2, -0.15) is 4.68 Å². The van der Waals surface area contributed by atoms with Crippen LogP contribution in [0, 0.1) is 6.92 Å². The van der Waals surface area contributed by atoms with Gasteiger partial charge in [0.25, 0.3) is 0 Å². The Hall–Kier alpha value is -2.71. The monoisotopic (exact) mass is 360 g/mol. The fraction of sp³-hybridized carbons (Fsp3) is 0.588. The molecule has 0 N–H and O–H groups in total. The van der Waals surface area contributed by atoms with Crippen LogP contribution < -0.4 is 5.69 Å². The van der Waals surface area contributed by atoms with Crippen molar-refractivity contribution in [3.05, 3.63) is 33.7 Å². The van der Waals surface area contributed by atoms with E-state index in [-0.39, 0.29) is 0 Å². The summed E-state index contributed by atoms with van der Waals surface area (Å²) in [7, 11) is 0. The summed E-state index contributed by atoms with van der Waals surface area (Å²) in [4.78, 5) is 27.4. The first-order chi connectivity index (χ1) is 12.6. The molecule has 0 spiro atoms. The van der Waals surface area contributed by atoms with Crippen molar-refractivity contribution in [2.24, 2.45) is 0 Å². The number of carbonyl (C=O) groups excluding carboxylic acids is 1. The molecule has 2 aromatic rings. The number of allylic oxidation sites excluding steroid dienone is 2. The highest BCUT2D eigenvalue weighted by Crippen LogP contribution is 2.22. The van der Waals surface area contributed by atoms with E-state index in [1.54, 1.807) is 11.8 Å². The molecule has 0 radical (unpaired) electrons. The van der Waals surface area contributed by atoms with Crippen LogP contribution in [0.3, 0.4) is 0 Å². The van der Waals surface area contributed by atoms with Gasteiger partial charge in [-0.1, -0.05) is 25.1 Å². The maximum atomic E-state index is 13.0. The Labute approximate surface area is 151 Å². The van der Waals surface area contributed by atoms with Gasteiger partial charge in [-0.3, -0.25) is 4.90 Å². The van der Waals surface area contributed by atoms with Crippen LogP contribution in [0.4, 0.5) is 4.79 Å². The molecule has 0 saturated heterocycles. The maximum absolute atomic E-state index is 13.0. The lowest BCUT2D eigenvalue weighted by molar-refractivity contribution is 0.205. The summed E-state index contributed by atoms with van der Waals surface area (Å²) in [6, 6.07) is -0.469. The summed E-state index contributed by atoms with van der Waals surface area (Å²) in [5.74, 6) is 0.462. The Morgan fingerprint density at radius 3 is 2.77 bits per heavy atom. The second-order valence-electron chi connectivity index (χ2n) is 6.35. The highest BCUT2D eigenvalue weighted by Gasteiger charge is 2.26. The van der Waals surface area contributed by atoms with Gasteiger partial charge in [0.2, 0.25) is 0 Å². The zero-order valence-corrected chi connectivity index (χ0v) is 15.4. The molecular weight excluding hydrogens is 336 g/mol. The Morgan fingerprint density at radius 1 is 1.31 bits per heavy atom. The van der Waals surface area contributed by atoms with Crippen LogP contribution in [-0.2, 0) is 6.42 Å². The SMILES string of the molecule is CCCN(C(=O)n1nnn(-c2c(CC)noc2C)c1=O)C1=CCCCC1. The number of carbonyl (C=O) groups is 1. The lowest BCUT2D eigenvalue weighted by Crippen LogP contribution is -2.41. The molecule has 0 bridgehead atoms. The van der Waals surface area contributed by atoms with Crippen LogP contribution in [0.15, 0.2) is 21.1 Å². The zero-order valence-electron chi connectivity index (χ0n) is 15.4. The van der Waals surface area contributed by atoms with Gasteiger partial charge < -0.3 is 4.52 Å². The van der Waals surface area contributed by atoms with Crippen LogP contribution in [0.5, 0.6) is 0 Å². The first-order valence-electron chi connectivity index (χ1n) is 9.09. The molecular formula is C17H24N6O3. The van der Waals surface area contributed by atoms with E-state index in [4.69, 9.17) is 4.52 Å². The van der Waals surface area contributed by atoms with Crippen molar-refractivity contribution in [3.63, 3.8) is 0 Å². The molecule has 3 rings (SSSR count). The number of rotatable bonds is 5. The van der Waals surface area contributed by atoms with E-state index in [9.17, 15) is 9.59 Å². The molecule has 1 aliphatic rings. The molecule has 140 valence electrons. The van der Waals surface area contributed by atoms with Crippen molar-refractivity contribution >= 4 is 6.03 Å². The maximum Gasteiger partial charge on any atom is 0.377 e. The highest BCUT2D eigenvalue weighted by molar-refractivity contribution is 5.77. The van der Waals surface area contributed by atoms with E-state index in [0.29, 0.717) is 30.1 Å². The minimum atomic E-state index is -0.617. The Morgan fingerprint density at radius 2 is 2.12 bits per heavy atom. The number of hydrogen-bond donors (Lipinski definition) is 0. The minimum Gasteiger partial charge on any atom is -0.359 e. The quantitative estimate of drug-likeness (QED) is 0.759. The van der Waals surface area contributed by atoms with Gasteiger partial charge in [0.05, 0.1) is 0 Å². The molecule has 0 atom stereocenters. The van der Waals surface area contributed by atoms with E-state index in [1.165, 1.54) is 0 Å². The summed E-state index contributed by atoms with van der Waals surface area (Å²) in [5, 5.41) is 11.6. The number of nitrogens with zero attached hydrogens (tertiary/aromatic N) is 6. The van der Waals surface area contributed by atoms with Gasteiger partial charge in [-0.15, -0.1) is 4.68 Å². The number of tetrazole rings is 1. The fourth-order valence-corrected chi connectivity index (χ4v) is 3.19. The van der Waals surface area contributed by atoms with Gasteiger partial charge in [0, 0.05) is 12.2 Å². The van der Waals surface area contributed by atoms with E-state index in [0.717, 1.165) is 47.2 Å². The second kappa shape index (κ2) is 7.67. The molecule has 9 heteroatoms. The van der Waals surface area contributed by atoms with Crippen molar-refractivity contribution in [2.75, 3.05) is 6.54 Å². The van der Waals surface area contributed by atoms with Gasteiger partial charge >= 0.3 is 11.7 Å². The number of aromatic nitrogens is 5. The first-order valence-corrected chi connectivity index (χ1v) is 9.09. The zero-order chi connectivity index (χ0) is 18.7. The smallest absolute Gasteiger partial charge is 0.359 e. The Bertz CT molecular complexity index is 875. The summed E-state index contributed by atoms with van der Waals surface area (Å²) >= 11 is 0. The predicted molar refractivity (Wildman–Crippen MR) is 94.1 cm³/mol.